The topological polar surface area (TPSA) is 54.0 Å². The normalized spacial score (nSPS) is 44.1. The van der Waals surface area contributed by atoms with E-state index in [1.807, 2.05) is 0 Å². The first kappa shape index (κ1) is 14.4. The van der Waals surface area contributed by atoms with E-state index in [0.29, 0.717) is 12.1 Å². The Morgan fingerprint density at radius 2 is 1.74 bits per heavy atom. The van der Waals surface area contributed by atoms with Crippen LogP contribution in [0.4, 0.5) is 0 Å². The van der Waals surface area contributed by atoms with Gasteiger partial charge in [-0.1, -0.05) is 0 Å². The minimum absolute atomic E-state index is 0.0501. The van der Waals surface area contributed by atoms with Gasteiger partial charge in [0, 0.05) is 24.3 Å². The predicted molar refractivity (Wildman–Crippen MR) is 90.4 cm³/mol. The number of aromatic nitrogens is 1. The molecule has 0 aromatic carbocycles. The number of rotatable bonds is 4. The number of nitrogens with zero attached hydrogens (tertiary/aromatic N) is 1. The summed E-state index contributed by atoms with van der Waals surface area (Å²) in [4.78, 5) is 13.0. The van der Waals surface area contributed by atoms with Gasteiger partial charge in [0.2, 0.25) is 0 Å². The quantitative estimate of drug-likeness (QED) is 0.892. The lowest BCUT2D eigenvalue weighted by atomic mass is 9.54. The Bertz CT molecular complexity index is 559. The average Bonchev–Trinajstić information content (AvgIpc) is 3.04. The van der Waals surface area contributed by atoms with Crippen LogP contribution in [0.3, 0.4) is 0 Å². The molecule has 0 radical (unpaired) electrons. The molecule has 2 N–H and O–H groups in total. The Hall–Kier alpha value is -0.940. The molecule has 4 nitrogen and oxygen atoms in total. The fourth-order valence-electron chi connectivity index (χ4n) is 5.89. The molecular weight excluding hydrogens is 306 g/mol. The second kappa shape index (κ2) is 5.55. The monoisotopic (exact) mass is 331 g/mol. The average molecular weight is 331 g/mol. The SMILES string of the molecule is O=C(N[C@H]1CC[C@H]1NC1C2CC3CC(C2)CC1C3)c1ccns1. The molecular formula is C18H25N3OS. The summed E-state index contributed by atoms with van der Waals surface area (Å²) in [7, 11) is 0. The van der Waals surface area contributed by atoms with E-state index in [1.54, 1.807) is 12.3 Å². The zero-order valence-electron chi connectivity index (χ0n) is 13.4. The van der Waals surface area contributed by atoms with Gasteiger partial charge < -0.3 is 10.6 Å². The maximum absolute atomic E-state index is 12.2. The molecule has 1 aromatic rings. The third kappa shape index (κ3) is 2.52. The van der Waals surface area contributed by atoms with Crippen molar-refractivity contribution in [3.8, 4) is 0 Å². The van der Waals surface area contributed by atoms with Crippen molar-refractivity contribution >= 4 is 17.4 Å². The standard InChI is InChI=1S/C18H25N3OS/c22-18(16-3-4-19-23-16)21-15-2-1-14(15)20-17-12-6-10-5-11(8-12)9-13(17)7-10/h3-4,10-15,17,20H,1-2,5-9H2,(H,21,22)/t10?,11?,12?,13?,14-,15+,17?/m1/s1. The van der Waals surface area contributed by atoms with Gasteiger partial charge in [-0.05, 0) is 86.2 Å². The van der Waals surface area contributed by atoms with E-state index in [9.17, 15) is 4.79 Å². The summed E-state index contributed by atoms with van der Waals surface area (Å²) >= 11 is 1.28. The Labute approximate surface area is 141 Å². The Morgan fingerprint density at radius 3 is 2.30 bits per heavy atom. The van der Waals surface area contributed by atoms with Crippen LogP contribution in [-0.2, 0) is 0 Å². The third-order valence-electron chi connectivity index (χ3n) is 6.89. The van der Waals surface area contributed by atoms with E-state index in [4.69, 9.17) is 0 Å². The van der Waals surface area contributed by atoms with Crippen molar-refractivity contribution in [3.05, 3.63) is 17.1 Å². The van der Waals surface area contributed by atoms with E-state index >= 15 is 0 Å². The Balaban J connectivity index is 1.21. The molecule has 0 unspecified atom stereocenters. The lowest BCUT2D eigenvalue weighted by Crippen LogP contribution is -2.64. The van der Waals surface area contributed by atoms with Crippen LogP contribution in [0.25, 0.3) is 0 Å². The molecule has 1 aromatic heterocycles. The Morgan fingerprint density at radius 1 is 1.04 bits per heavy atom. The first-order chi connectivity index (χ1) is 11.3. The largest absolute Gasteiger partial charge is 0.347 e. The second-order valence-corrected chi connectivity index (χ2v) is 9.10. The highest BCUT2D eigenvalue weighted by atomic mass is 32.1. The van der Waals surface area contributed by atoms with Crippen molar-refractivity contribution in [2.45, 2.75) is 63.1 Å². The summed E-state index contributed by atoms with van der Waals surface area (Å²) < 4.78 is 4.02. The van der Waals surface area contributed by atoms with E-state index in [-0.39, 0.29) is 5.91 Å². The zero-order valence-corrected chi connectivity index (χ0v) is 14.2. The summed E-state index contributed by atoms with van der Waals surface area (Å²) in [6, 6.07) is 3.31. The van der Waals surface area contributed by atoms with Gasteiger partial charge in [-0.25, -0.2) is 4.37 Å². The van der Waals surface area contributed by atoms with Crippen LogP contribution in [0.5, 0.6) is 0 Å². The third-order valence-corrected chi connectivity index (χ3v) is 7.63. The number of carbonyl (C=O) groups excluding carboxylic acids is 1. The van der Waals surface area contributed by atoms with Crippen molar-refractivity contribution in [1.82, 2.24) is 15.0 Å². The van der Waals surface area contributed by atoms with Gasteiger partial charge in [0.15, 0.2) is 0 Å². The highest BCUT2D eigenvalue weighted by Crippen LogP contribution is 2.54. The molecule has 1 amide bonds. The molecule has 0 aliphatic heterocycles. The van der Waals surface area contributed by atoms with Crippen LogP contribution < -0.4 is 10.6 Å². The van der Waals surface area contributed by atoms with Crippen LogP contribution in [0.1, 0.15) is 54.6 Å². The van der Waals surface area contributed by atoms with Crippen LogP contribution >= 0.6 is 11.5 Å². The summed E-state index contributed by atoms with van der Waals surface area (Å²) in [6.45, 7) is 0. The van der Waals surface area contributed by atoms with Crippen molar-refractivity contribution in [1.29, 1.82) is 0 Å². The zero-order chi connectivity index (χ0) is 15.4. The molecule has 0 saturated heterocycles. The van der Waals surface area contributed by atoms with E-state index in [1.165, 1.54) is 50.1 Å². The lowest BCUT2D eigenvalue weighted by molar-refractivity contribution is -0.0236. The minimum atomic E-state index is 0.0501. The number of carbonyl (C=O) groups is 1. The first-order valence-corrected chi connectivity index (χ1v) is 10.0. The maximum Gasteiger partial charge on any atom is 0.263 e. The molecule has 1 heterocycles. The first-order valence-electron chi connectivity index (χ1n) is 9.24. The number of hydrogen-bond donors (Lipinski definition) is 2. The van der Waals surface area contributed by atoms with Crippen molar-refractivity contribution < 1.29 is 4.79 Å². The lowest BCUT2D eigenvalue weighted by Gasteiger charge is -2.56. The minimum Gasteiger partial charge on any atom is -0.347 e. The molecule has 23 heavy (non-hydrogen) atoms. The molecule has 5 aliphatic rings. The molecule has 6 rings (SSSR count). The fraction of sp³-hybridized carbons (Fsp3) is 0.778. The fourth-order valence-corrected chi connectivity index (χ4v) is 6.39. The molecule has 5 saturated carbocycles. The smallest absolute Gasteiger partial charge is 0.263 e. The van der Waals surface area contributed by atoms with E-state index in [0.717, 1.165) is 41.0 Å². The molecule has 124 valence electrons. The molecule has 0 spiro atoms. The van der Waals surface area contributed by atoms with Crippen LogP contribution in [0.2, 0.25) is 0 Å². The van der Waals surface area contributed by atoms with Crippen molar-refractivity contribution in [2.24, 2.45) is 23.7 Å². The number of amides is 1. The highest BCUT2D eigenvalue weighted by Gasteiger charge is 2.49. The summed E-state index contributed by atoms with van der Waals surface area (Å²) in [6.07, 6.45) is 11.3. The second-order valence-electron chi connectivity index (χ2n) is 8.26. The van der Waals surface area contributed by atoms with Gasteiger partial charge in [-0.15, -0.1) is 0 Å². The predicted octanol–water partition coefficient (Wildman–Crippen LogP) is 2.82. The van der Waals surface area contributed by atoms with Crippen LogP contribution in [0.15, 0.2) is 12.3 Å². The summed E-state index contributed by atoms with van der Waals surface area (Å²) in [5.41, 5.74) is 0. The van der Waals surface area contributed by atoms with Gasteiger partial charge in [-0.3, -0.25) is 4.79 Å². The van der Waals surface area contributed by atoms with Gasteiger partial charge >= 0.3 is 0 Å². The van der Waals surface area contributed by atoms with Crippen LogP contribution in [-0.4, -0.2) is 28.4 Å². The number of hydrogen-bond acceptors (Lipinski definition) is 4. The molecule has 2 atom stereocenters. The van der Waals surface area contributed by atoms with Crippen LogP contribution in [0, 0.1) is 23.7 Å². The molecule has 5 aliphatic carbocycles. The highest BCUT2D eigenvalue weighted by molar-refractivity contribution is 7.08. The van der Waals surface area contributed by atoms with Gasteiger partial charge in [0.1, 0.15) is 4.88 Å². The molecule has 5 fully saturated rings. The summed E-state index contributed by atoms with van der Waals surface area (Å²) in [5.74, 6) is 3.92. The molecule has 4 bridgehead atoms. The Kier molecular flexibility index (Phi) is 3.48. The van der Waals surface area contributed by atoms with E-state index in [2.05, 4.69) is 15.0 Å². The maximum atomic E-state index is 12.2. The van der Waals surface area contributed by atoms with Crippen molar-refractivity contribution in [2.75, 3.05) is 0 Å². The van der Waals surface area contributed by atoms with Gasteiger partial charge in [-0.2, -0.15) is 0 Å². The number of nitrogens with one attached hydrogen (secondary N) is 2. The van der Waals surface area contributed by atoms with Crippen molar-refractivity contribution in [3.63, 3.8) is 0 Å². The van der Waals surface area contributed by atoms with Gasteiger partial charge in [0.05, 0.1) is 0 Å². The summed E-state index contributed by atoms with van der Waals surface area (Å²) in [5, 5.41) is 7.18. The van der Waals surface area contributed by atoms with E-state index < -0.39 is 0 Å². The van der Waals surface area contributed by atoms with Gasteiger partial charge in [0.25, 0.3) is 5.91 Å². The molecule has 5 heteroatoms.